The lowest BCUT2D eigenvalue weighted by atomic mass is 9.96. The first-order valence-electron chi connectivity index (χ1n) is 37.6. The molecule has 1 unspecified atom stereocenters. The van der Waals surface area contributed by atoms with Crippen molar-refractivity contribution < 1.29 is 9.13 Å². The summed E-state index contributed by atoms with van der Waals surface area (Å²) in [5, 5.41) is 9.83. The van der Waals surface area contributed by atoms with Gasteiger partial charge in [-0.3, -0.25) is 17.9 Å². The Kier molecular flexibility index (Phi) is 15.0. The number of nitrogens with zero attached hydrogens (tertiary/aromatic N) is 8. The Balaban J connectivity index is 0.697. The molecular formula is C100H64N8O2P2. The predicted octanol–water partition coefficient (Wildman–Crippen LogP) is 22.2. The molecule has 0 amide bonds. The van der Waals surface area contributed by atoms with Crippen molar-refractivity contribution >= 4 is 145 Å². The van der Waals surface area contributed by atoms with Crippen LogP contribution < -0.4 is 31.8 Å². The molecule has 22 rings (SSSR count). The molecule has 0 N–H and O–H groups in total. The number of aromatic nitrogens is 8. The molecule has 10 nitrogen and oxygen atoms in total. The van der Waals surface area contributed by atoms with Crippen LogP contribution in [-0.4, -0.2) is 37.9 Å². The third-order valence-corrected chi connectivity index (χ3v) is 28.6. The highest BCUT2D eigenvalue weighted by Crippen LogP contribution is 2.48. The lowest BCUT2D eigenvalue weighted by Crippen LogP contribution is -2.25. The molecular weight excluding hydrogens is 1410 g/mol. The van der Waals surface area contributed by atoms with Gasteiger partial charge in [-0.05, 0) is 177 Å². The van der Waals surface area contributed by atoms with Gasteiger partial charge < -0.3 is 9.13 Å². The molecule has 22 aromatic rings. The van der Waals surface area contributed by atoms with E-state index in [0.29, 0.717) is 27.2 Å². The molecule has 12 heteroatoms. The molecule has 6 heterocycles. The van der Waals surface area contributed by atoms with Gasteiger partial charge >= 0.3 is 0 Å². The Morgan fingerprint density at radius 1 is 0.188 bits per heavy atom. The van der Waals surface area contributed by atoms with E-state index < -0.39 is 14.3 Å². The highest BCUT2D eigenvalue weighted by molar-refractivity contribution is 7.85. The Bertz CT molecular complexity index is 7510. The minimum absolute atomic E-state index is 0.640. The maximum Gasteiger partial charge on any atom is 0.221 e. The molecule has 0 fully saturated rings. The van der Waals surface area contributed by atoms with Gasteiger partial charge in [0.25, 0.3) is 0 Å². The number of para-hydroxylation sites is 5. The van der Waals surface area contributed by atoms with Gasteiger partial charge in [-0.1, -0.05) is 267 Å². The van der Waals surface area contributed by atoms with Crippen LogP contribution in [0.15, 0.2) is 388 Å². The zero-order chi connectivity index (χ0) is 74.2. The van der Waals surface area contributed by atoms with Crippen LogP contribution in [0.1, 0.15) is 0 Å². The van der Waals surface area contributed by atoms with Crippen LogP contribution >= 0.6 is 14.3 Å². The van der Waals surface area contributed by atoms with Crippen molar-refractivity contribution in [3.05, 3.63) is 388 Å². The molecule has 0 aliphatic carbocycles. The normalized spacial score (nSPS) is 12.6. The van der Waals surface area contributed by atoms with Gasteiger partial charge in [-0.15, -0.1) is 0 Å². The number of hydrogen-bond donors (Lipinski definition) is 0. The Morgan fingerprint density at radius 2 is 0.482 bits per heavy atom. The van der Waals surface area contributed by atoms with Crippen molar-refractivity contribution in [3.63, 3.8) is 0 Å². The first-order chi connectivity index (χ1) is 55.3. The van der Waals surface area contributed by atoms with Gasteiger partial charge in [0.1, 0.15) is 11.3 Å². The number of benzene rings is 16. The van der Waals surface area contributed by atoms with E-state index in [1.54, 1.807) is 0 Å². The fourth-order valence-corrected chi connectivity index (χ4v) is 22.4. The van der Waals surface area contributed by atoms with Crippen LogP contribution in [0.25, 0.3) is 166 Å². The number of imidazole rings is 2. The molecule has 0 aliphatic heterocycles. The van der Waals surface area contributed by atoms with Crippen molar-refractivity contribution in [2.75, 3.05) is 0 Å². The van der Waals surface area contributed by atoms with Gasteiger partial charge in [-0.2, -0.15) is 0 Å². The van der Waals surface area contributed by atoms with Crippen LogP contribution in [0, 0.1) is 0 Å². The van der Waals surface area contributed by atoms with E-state index in [0.717, 1.165) is 160 Å². The SMILES string of the molecule is O=P(c1ccccc1)(c1ccccc1)c1ccc2c(c1)c1cc(P(=O)(c3ccccc3)c3ccc(-c4ccc5nc(-n6c7ccc(-c8cccc(-c9ccccc9)c8)cc7c7cc(-c8cccc(-c9ccccc9)c8)ccc76)n6c7ccccc7nc6c5c4)cc3)ccc1n2-c1nc2ccccc2c2nc3ccccc3n12. The van der Waals surface area contributed by atoms with Crippen LogP contribution in [0.2, 0.25) is 0 Å². The molecule has 526 valence electrons. The summed E-state index contributed by atoms with van der Waals surface area (Å²) in [5.41, 5.74) is 21.4. The van der Waals surface area contributed by atoms with Crippen LogP contribution in [-0.2, 0) is 9.13 Å². The molecule has 0 saturated carbocycles. The third kappa shape index (κ3) is 10.3. The molecule has 0 aliphatic rings. The lowest BCUT2D eigenvalue weighted by molar-refractivity contribution is 0.591. The second-order valence-corrected chi connectivity index (χ2v) is 34.3. The monoisotopic (exact) mass is 1470 g/mol. The van der Waals surface area contributed by atoms with Gasteiger partial charge in [0, 0.05) is 64.1 Å². The quantitative estimate of drug-likeness (QED) is 0.107. The standard InChI is InChI=1S/C100H64N8O2P2/c109-111(75-32-10-3-11-33-75,76-34-12-4-13-35-76)79-51-56-93-84(63-79)85-64-80(52-57-94(85)106(93)99-103-87-39-17-16-38-81(87)97-101-89-40-18-20-42-95(89)107(97)99)112(110,77-36-14-5-15-37-77)78-49-44-67(45-50-78)72-46-53-88-86(62-72)98-102-90-41-19-21-43-96(90)108(98)100(104-88)105-91-54-47-73(70-30-22-28-68(58-70)65-24-6-1-7-25-65)60-82(91)83-61-74(48-55-92(83)105)71-31-23-29-69(59-71)66-26-8-2-9-27-66/h1-64H. The van der Waals surface area contributed by atoms with Crippen molar-refractivity contribution in [2.45, 2.75) is 0 Å². The maximum absolute atomic E-state index is 17.2. The fourth-order valence-electron chi connectivity index (χ4n) is 17.1. The van der Waals surface area contributed by atoms with Crippen molar-refractivity contribution in [2.24, 2.45) is 0 Å². The summed E-state index contributed by atoms with van der Waals surface area (Å²) in [5.74, 6) is 1.36. The van der Waals surface area contributed by atoms with Crippen LogP contribution in [0.5, 0.6) is 0 Å². The summed E-state index contributed by atoms with van der Waals surface area (Å²) < 4.78 is 42.5. The highest BCUT2D eigenvalue weighted by atomic mass is 31.2. The highest BCUT2D eigenvalue weighted by Gasteiger charge is 2.34. The van der Waals surface area contributed by atoms with Crippen molar-refractivity contribution in [3.8, 4) is 67.5 Å². The van der Waals surface area contributed by atoms with Crippen LogP contribution in [0.4, 0.5) is 0 Å². The Hall–Kier alpha value is -14.1. The number of hydrogen-bond acceptors (Lipinski definition) is 6. The minimum atomic E-state index is -3.71. The fraction of sp³-hybridized carbons (Fsp3) is 0. The topological polar surface area (TPSA) is 104 Å². The third-order valence-electron chi connectivity index (χ3n) is 22.5. The maximum atomic E-state index is 17.2. The van der Waals surface area contributed by atoms with E-state index in [2.05, 4.69) is 248 Å². The summed E-state index contributed by atoms with van der Waals surface area (Å²) in [7, 11) is -7.19. The minimum Gasteiger partial charge on any atom is -0.309 e. The van der Waals surface area contributed by atoms with E-state index in [9.17, 15) is 0 Å². The van der Waals surface area contributed by atoms with Crippen LogP contribution in [0.3, 0.4) is 0 Å². The van der Waals surface area contributed by atoms with E-state index in [-0.39, 0.29) is 0 Å². The van der Waals surface area contributed by atoms with Gasteiger partial charge in [0.2, 0.25) is 11.9 Å². The molecule has 6 aromatic heterocycles. The van der Waals surface area contributed by atoms with E-state index in [1.807, 2.05) is 158 Å². The van der Waals surface area contributed by atoms with Crippen molar-refractivity contribution in [1.29, 1.82) is 0 Å². The summed E-state index contributed by atoms with van der Waals surface area (Å²) >= 11 is 0. The zero-order valence-electron chi connectivity index (χ0n) is 60.2. The lowest BCUT2D eigenvalue weighted by Gasteiger charge is -2.21. The molecule has 0 bridgehead atoms. The molecule has 112 heavy (non-hydrogen) atoms. The summed E-state index contributed by atoms with van der Waals surface area (Å²) in [6, 6.07) is 134. The van der Waals surface area contributed by atoms with E-state index >= 15 is 9.13 Å². The van der Waals surface area contributed by atoms with E-state index in [1.165, 1.54) is 11.1 Å². The van der Waals surface area contributed by atoms with Gasteiger partial charge in [0.15, 0.2) is 14.3 Å². The summed E-state index contributed by atoms with van der Waals surface area (Å²) in [4.78, 5) is 22.0. The zero-order valence-corrected chi connectivity index (χ0v) is 62.0. The Morgan fingerprint density at radius 3 is 0.946 bits per heavy atom. The number of fused-ring (bicyclic) bond motifs is 16. The number of rotatable bonds is 13. The summed E-state index contributed by atoms with van der Waals surface area (Å²) in [6.45, 7) is 0. The average molecular weight is 1470 g/mol. The molecule has 0 spiro atoms. The predicted molar refractivity (Wildman–Crippen MR) is 464 cm³/mol. The van der Waals surface area contributed by atoms with Gasteiger partial charge in [-0.25, -0.2) is 19.9 Å². The average Bonchev–Trinajstić information content (AvgIpc) is 1.55. The summed E-state index contributed by atoms with van der Waals surface area (Å²) in [6.07, 6.45) is 0. The molecule has 0 radical (unpaired) electrons. The molecule has 16 aromatic carbocycles. The molecule has 0 saturated heterocycles. The second kappa shape index (κ2) is 25.8. The first kappa shape index (κ1) is 65.0. The largest absolute Gasteiger partial charge is 0.309 e. The second-order valence-electron chi connectivity index (χ2n) is 28.8. The molecule has 1 atom stereocenters. The van der Waals surface area contributed by atoms with E-state index in [4.69, 9.17) is 19.9 Å². The first-order valence-corrected chi connectivity index (χ1v) is 41.0. The van der Waals surface area contributed by atoms with Gasteiger partial charge in [0.05, 0.1) is 55.2 Å². The Labute approximate surface area is 643 Å². The smallest absolute Gasteiger partial charge is 0.221 e. The van der Waals surface area contributed by atoms with Crippen molar-refractivity contribution in [1.82, 2.24) is 37.9 Å².